The van der Waals surface area contributed by atoms with Gasteiger partial charge in [-0.1, -0.05) is 207 Å². The molecule has 0 aliphatic carbocycles. The third kappa shape index (κ3) is 21.8. The zero-order chi connectivity index (χ0) is 63.4. The van der Waals surface area contributed by atoms with Crippen LogP contribution in [0, 0.1) is 23.7 Å². The van der Waals surface area contributed by atoms with E-state index in [1.165, 1.54) is 0 Å². The summed E-state index contributed by atoms with van der Waals surface area (Å²) in [5.74, 6) is -11.6. The lowest BCUT2D eigenvalue weighted by Gasteiger charge is -2.16. The van der Waals surface area contributed by atoms with E-state index in [0.29, 0.717) is 37.5 Å². The van der Waals surface area contributed by atoms with Crippen LogP contribution in [0.3, 0.4) is 0 Å². The predicted octanol–water partition coefficient (Wildman–Crippen LogP) is 18.6. The van der Waals surface area contributed by atoms with Gasteiger partial charge in [-0.05, 0) is 86.5 Å². The lowest BCUT2D eigenvalue weighted by Crippen LogP contribution is -2.27. The Morgan fingerprint density at radius 1 is 0.333 bits per heavy atom. The van der Waals surface area contributed by atoms with Crippen molar-refractivity contribution >= 4 is 187 Å². The minimum absolute atomic E-state index is 0.0375. The first-order valence-electron chi connectivity index (χ1n) is 25.6. The maximum absolute atomic E-state index is 12.9. The Labute approximate surface area is 545 Å². The third-order valence-corrected chi connectivity index (χ3v) is 16.1. The summed E-state index contributed by atoms with van der Waals surface area (Å²) in [6.07, 6.45) is 5.54. The van der Waals surface area contributed by atoms with E-state index in [9.17, 15) is 38.4 Å². The first-order valence-corrected chi connectivity index (χ1v) is 30.2. The Morgan fingerprint density at radius 3 is 0.750 bits per heavy atom. The van der Waals surface area contributed by atoms with Gasteiger partial charge >= 0.3 is 47.8 Å². The van der Waals surface area contributed by atoms with Crippen LogP contribution in [0.15, 0.2) is 24.3 Å². The number of ether oxygens (including phenoxy) is 8. The van der Waals surface area contributed by atoms with E-state index in [1.54, 1.807) is 0 Å². The molecule has 0 saturated carbocycles. The molecule has 0 heterocycles. The van der Waals surface area contributed by atoms with E-state index in [1.807, 2.05) is 55.4 Å². The van der Waals surface area contributed by atoms with Gasteiger partial charge in [-0.2, -0.15) is 0 Å². The molecule has 0 saturated heterocycles. The van der Waals surface area contributed by atoms with Gasteiger partial charge in [0.1, 0.15) is 22.3 Å². The second kappa shape index (κ2) is 35.8. The fourth-order valence-electron chi connectivity index (χ4n) is 6.70. The van der Waals surface area contributed by atoms with Gasteiger partial charge in [0, 0.05) is 0 Å². The van der Waals surface area contributed by atoms with Crippen molar-refractivity contribution in [3.63, 3.8) is 0 Å². The van der Waals surface area contributed by atoms with Crippen molar-refractivity contribution in [1.29, 1.82) is 0 Å². The van der Waals surface area contributed by atoms with Crippen LogP contribution in [0.5, 0.6) is 23.0 Å². The summed E-state index contributed by atoms with van der Waals surface area (Å²) in [4.78, 5) is 103. The molecule has 4 aromatic carbocycles. The summed E-state index contributed by atoms with van der Waals surface area (Å²) < 4.78 is 41.4. The molecule has 0 aliphatic rings. The lowest BCUT2D eigenvalue weighted by atomic mass is 10.1. The van der Waals surface area contributed by atoms with Crippen LogP contribution in [0.1, 0.15) is 148 Å². The molecule has 0 aromatic heterocycles. The SMILES string of the molecule is CC(C)CCCOC(=O)c1c(Cl)c(Cl)cc(Cl)c1OC(=O)C(=O)Oc1c(Cl)cc(Cl)c(Cl)c1C(=O)OCCCC(C)C.CCC(C)CCOC(=O)c1c(Cl)c(Cl)cc(Cl)c1OC(=O)C(=O)Oc1c(Cl)cc(Cl)c(Cl)c1C(=O)OCCC(C)CC. The van der Waals surface area contributed by atoms with Crippen molar-refractivity contribution in [3.05, 3.63) is 107 Å². The van der Waals surface area contributed by atoms with Crippen LogP contribution < -0.4 is 18.9 Å². The van der Waals surface area contributed by atoms with Gasteiger partial charge in [-0.3, -0.25) is 0 Å². The molecule has 460 valence electrons. The van der Waals surface area contributed by atoms with Gasteiger partial charge in [0.25, 0.3) is 0 Å². The van der Waals surface area contributed by atoms with E-state index in [4.69, 9.17) is 177 Å². The van der Waals surface area contributed by atoms with E-state index in [-0.39, 0.29) is 98.5 Å². The molecular weight excluding hydrogens is 1350 g/mol. The van der Waals surface area contributed by atoms with Crippen LogP contribution in [0.2, 0.25) is 60.3 Å². The standard InChI is InChI=1S/2C28H28Cl6O8/c1-13(2)7-5-9-39-25(35)19-21(33)15(29)11-17(31)23(19)41-27(37)28(38)42-24-18(32)12-16(30)22(34)20(24)26(36)40-10-6-8-14(3)4;1-5-13(3)7-9-39-25(35)19-21(33)15(29)11-17(31)23(19)41-27(37)28(38)42-24-18(32)12-16(30)22(34)20(24)26(36)40-10-8-14(4)6-2/h2*11-14H,5-10H2,1-4H3. The predicted molar refractivity (Wildman–Crippen MR) is 326 cm³/mol. The number of hydrogen-bond acceptors (Lipinski definition) is 16. The van der Waals surface area contributed by atoms with Crippen molar-refractivity contribution in [3.8, 4) is 23.0 Å². The number of carbonyl (C=O) groups is 8. The number of hydrogen-bond donors (Lipinski definition) is 0. The Balaban J connectivity index is 0.000000440. The van der Waals surface area contributed by atoms with Crippen molar-refractivity contribution in [2.45, 2.75) is 107 Å². The fraction of sp³-hybridized carbons (Fsp3) is 0.429. The minimum atomic E-state index is -1.65. The highest BCUT2D eigenvalue weighted by atomic mass is 35.5. The smallest absolute Gasteiger partial charge is 0.423 e. The summed E-state index contributed by atoms with van der Waals surface area (Å²) in [6, 6.07) is 4.44. The van der Waals surface area contributed by atoms with Crippen molar-refractivity contribution in [2.24, 2.45) is 23.7 Å². The topological polar surface area (TPSA) is 210 Å². The zero-order valence-electron chi connectivity index (χ0n) is 46.2. The van der Waals surface area contributed by atoms with E-state index < -0.39 is 93.0 Å². The summed E-state index contributed by atoms with van der Waals surface area (Å²) in [5.41, 5.74) is -1.90. The number of esters is 8. The summed E-state index contributed by atoms with van der Waals surface area (Å²) >= 11 is 73.8. The summed E-state index contributed by atoms with van der Waals surface area (Å²) in [7, 11) is 0. The molecular formula is C56H56Cl12O16. The van der Waals surface area contributed by atoms with Crippen molar-refractivity contribution in [1.82, 2.24) is 0 Å². The minimum Gasteiger partial charge on any atom is -0.462 e. The molecule has 0 fully saturated rings. The highest BCUT2D eigenvalue weighted by Gasteiger charge is 2.35. The van der Waals surface area contributed by atoms with E-state index in [0.717, 1.165) is 49.9 Å². The number of carbonyl (C=O) groups excluding carboxylic acids is 8. The summed E-state index contributed by atoms with van der Waals surface area (Å²) in [5, 5.41) is -3.07. The van der Waals surface area contributed by atoms with E-state index >= 15 is 0 Å². The Morgan fingerprint density at radius 2 is 0.548 bits per heavy atom. The van der Waals surface area contributed by atoms with Gasteiger partial charge in [0.2, 0.25) is 0 Å². The van der Waals surface area contributed by atoms with Crippen LogP contribution in [-0.2, 0) is 38.1 Å². The first-order chi connectivity index (χ1) is 39.4. The van der Waals surface area contributed by atoms with Gasteiger partial charge in [-0.15, -0.1) is 0 Å². The largest absolute Gasteiger partial charge is 0.462 e. The van der Waals surface area contributed by atoms with E-state index in [2.05, 4.69) is 0 Å². The van der Waals surface area contributed by atoms with Crippen LogP contribution >= 0.6 is 139 Å². The molecule has 0 aliphatic heterocycles. The van der Waals surface area contributed by atoms with Gasteiger partial charge in [-0.25, -0.2) is 38.4 Å². The first kappa shape index (κ1) is 74.4. The number of rotatable bonds is 24. The molecule has 0 spiro atoms. The zero-order valence-corrected chi connectivity index (χ0v) is 55.2. The molecule has 0 N–H and O–H groups in total. The van der Waals surface area contributed by atoms with Gasteiger partial charge < -0.3 is 37.9 Å². The highest BCUT2D eigenvalue weighted by molar-refractivity contribution is 6.49. The fourth-order valence-corrected chi connectivity index (χ4v) is 9.57. The van der Waals surface area contributed by atoms with Crippen LogP contribution in [-0.4, -0.2) is 74.2 Å². The normalized spacial score (nSPS) is 11.7. The second-order valence-electron chi connectivity index (χ2n) is 19.2. The molecule has 4 aromatic rings. The summed E-state index contributed by atoms with van der Waals surface area (Å²) in [6.45, 7) is 16.1. The van der Waals surface area contributed by atoms with Crippen molar-refractivity contribution in [2.75, 3.05) is 26.4 Å². The second-order valence-corrected chi connectivity index (χ2v) is 24.0. The molecule has 2 unspecified atom stereocenters. The maximum Gasteiger partial charge on any atom is 0.423 e. The molecule has 16 nitrogen and oxygen atoms in total. The van der Waals surface area contributed by atoms with Gasteiger partial charge in [0.15, 0.2) is 23.0 Å². The van der Waals surface area contributed by atoms with Gasteiger partial charge in [0.05, 0.1) is 86.7 Å². The molecule has 84 heavy (non-hydrogen) atoms. The van der Waals surface area contributed by atoms with Crippen LogP contribution in [0.4, 0.5) is 0 Å². The number of benzene rings is 4. The Kier molecular flexibility index (Phi) is 31.7. The average Bonchev–Trinajstić information content (AvgIpc) is 3.61. The maximum atomic E-state index is 12.9. The third-order valence-electron chi connectivity index (χ3n) is 11.8. The average molecular weight is 1410 g/mol. The Bertz CT molecular complexity index is 2890. The highest BCUT2D eigenvalue weighted by Crippen LogP contribution is 2.44. The molecule has 4 rings (SSSR count). The molecule has 28 heteroatoms. The number of halogens is 12. The molecule has 0 bridgehead atoms. The molecule has 0 amide bonds. The van der Waals surface area contributed by atoms with Crippen LogP contribution in [0.25, 0.3) is 0 Å². The molecule has 2 atom stereocenters. The van der Waals surface area contributed by atoms with Crippen molar-refractivity contribution < 1.29 is 76.3 Å². The quantitative estimate of drug-likeness (QED) is 0.0159. The molecule has 0 radical (unpaired) electrons. The lowest BCUT2D eigenvalue weighted by molar-refractivity contribution is -0.156. The Hall–Kier alpha value is -3.88. The monoisotopic (exact) mass is 1400 g/mol.